The van der Waals surface area contributed by atoms with E-state index in [1.54, 1.807) is 55.8 Å². The second-order valence-corrected chi connectivity index (χ2v) is 6.78. The van der Waals surface area contributed by atoms with Crippen LogP contribution in [0.3, 0.4) is 0 Å². The number of aryl methyl sites for hydroxylation is 1. The Morgan fingerprint density at radius 1 is 1.21 bits per heavy atom. The van der Waals surface area contributed by atoms with Gasteiger partial charge in [-0.1, -0.05) is 0 Å². The van der Waals surface area contributed by atoms with Gasteiger partial charge in [0, 0.05) is 5.38 Å². The molecule has 3 rings (SSSR count). The first-order valence-corrected chi connectivity index (χ1v) is 9.81. The summed E-state index contributed by atoms with van der Waals surface area (Å²) < 4.78 is 16.2. The number of thiazole rings is 1. The molecular formula is C21H21N3O4S. The van der Waals surface area contributed by atoms with Crippen LogP contribution in [0.25, 0.3) is 0 Å². The van der Waals surface area contributed by atoms with Crippen molar-refractivity contribution in [2.45, 2.75) is 13.8 Å². The number of nitrogens with zero attached hydrogens (tertiary/aromatic N) is 2. The SMILES string of the molecule is CCOc1cc(C=NNc2nc(C)cs2)ccc1OC(=O)c1ccc(OC)cc1. The van der Waals surface area contributed by atoms with E-state index in [2.05, 4.69) is 15.5 Å². The lowest BCUT2D eigenvalue weighted by Crippen LogP contribution is -2.09. The van der Waals surface area contributed by atoms with Gasteiger partial charge >= 0.3 is 5.97 Å². The number of methoxy groups -OCH3 is 1. The molecule has 0 aliphatic rings. The Bertz CT molecular complexity index is 999. The van der Waals surface area contributed by atoms with Crippen LogP contribution in [0.15, 0.2) is 52.9 Å². The Balaban J connectivity index is 1.71. The van der Waals surface area contributed by atoms with E-state index in [1.807, 2.05) is 19.2 Å². The third-order valence-corrected chi connectivity index (χ3v) is 4.65. The summed E-state index contributed by atoms with van der Waals surface area (Å²) in [6.07, 6.45) is 1.65. The Morgan fingerprint density at radius 2 is 2.00 bits per heavy atom. The Morgan fingerprint density at radius 3 is 2.66 bits per heavy atom. The van der Waals surface area contributed by atoms with E-state index >= 15 is 0 Å². The fourth-order valence-corrected chi connectivity index (χ4v) is 3.05. The summed E-state index contributed by atoms with van der Waals surface area (Å²) in [6.45, 7) is 4.22. The molecule has 0 unspecified atom stereocenters. The van der Waals surface area contributed by atoms with E-state index in [1.165, 1.54) is 11.3 Å². The summed E-state index contributed by atoms with van der Waals surface area (Å²) >= 11 is 1.48. The molecule has 1 N–H and O–H groups in total. The first-order chi connectivity index (χ1) is 14.1. The summed E-state index contributed by atoms with van der Waals surface area (Å²) in [5.41, 5.74) is 5.03. The predicted octanol–water partition coefficient (Wildman–Crippen LogP) is 4.52. The average molecular weight is 411 g/mol. The van der Waals surface area contributed by atoms with E-state index in [0.717, 1.165) is 11.3 Å². The van der Waals surface area contributed by atoms with Crippen molar-refractivity contribution in [2.75, 3.05) is 19.1 Å². The molecule has 0 aliphatic heterocycles. The third-order valence-electron chi connectivity index (χ3n) is 3.79. The largest absolute Gasteiger partial charge is 0.497 e. The van der Waals surface area contributed by atoms with Crippen molar-refractivity contribution in [2.24, 2.45) is 5.10 Å². The number of nitrogens with one attached hydrogen (secondary N) is 1. The summed E-state index contributed by atoms with van der Waals surface area (Å²) in [5, 5.41) is 6.84. The highest BCUT2D eigenvalue weighted by Crippen LogP contribution is 2.29. The normalized spacial score (nSPS) is 10.7. The van der Waals surface area contributed by atoms with Gasteiger partial charge in [0.2, 0.25) is 5.13 Å². The molecule has 0 aliphatic carbocycles. The van der Waals surface area contributed by atoms with Crippen LogP contribution in [-0.2, 0) is 0 Å². The van der Waals surface area contributed by atoms with Crippen molar-refractivity contribution in [3.63, 3.8) is 0 Å². The number of ether oxygens (including phenoxy) is 3. The number of esters is 1. The number of anilines is 1. The molecule has 1 aromatic heterocycles. The first kappa shape index (κ1) is 20.3. The van der Waals surface area contributed by atoms with Gasteiger partial charge in [-0.25, -0.2) is 9.78 Å². The molecule has 0 amide bonds. The number of carbonyl (C=O) groups is 1. The van der Waals surface area contributed by atoms with Gasteiger partial charge in [-0.05, 0) is 61.9 Å². The topological polar surface area (TPSA) is 82.0 Å². The maximum Gasteiger partial charge on any atom is 0.343 e. The molecule has 150 valence electrons. The number of hydrogen-bond donors (Lipinski definition) is 1. The van der Waals surface area contributed by atoms with Crippen LogP contribution in [-0.4, -0.2) is 30.9 Å². The highest BCUT2D eigenvalue weighted by atomic mass is 32.1. The lowest BCUT2D eigenvalue weighted by Gasteiger charge is -2.11. The van der Waals surface area contributed by atoms with Crippen molar-refractivity contribution in [3.8, 4) is 17.2 Å². The Labute approximate surface area is 173 Å². The van der Waals surface area contributed by atoms with Gasteiger partial charge in [0.05, 0.1) is 31.2 Å². The zero-order chi connectivity index (χ0) is 20.6. The highest BCUT2D eigenvalue weighted by molar-refractivity contribution is 7.13. The molecule has 8 heteroatoms. The van der Waals surface area contributed by atoms with E-state index in [0.29, 0.717) is 34.6 Å². The predicted molar refractivity (Wildman–Crippen MR) is 114 cm³/mol. The summed E-state index contributed by atoms with van der Waals surface area (Å²) in [4.78, 5) is 16.7. The Kier molecular flexibility index (Phi) is 6.80. The number of hydrazone groups is 1. The van der Waals surface area contributed by atoms with Crippen molar-refractivity contribution >= 4 is 28.7 Å². The minimum Gasteiger partial charge on any atom is -0.497 e. The van der Waals surface area contributed by atoms with Gasteiger partial charge in [0.1, 0.15) is 5.75 Å². The molecular weight excluding hydrogens is 390 g/mol. The van der Waals surface area contributed by atoms with Gasteiger partial charge < -0.3 is 14.2 Å². The molecule has 0 atom stereocenters. The standard InChI is InChI=1S/C21H21N3O4S/c1-4-27-19-11-15(12-22-24-21-23-14(2)13-29-21)5-10-18(19)28-20(25)16-6-8-17(26-3)9-7-16/h5-13H,4H2,1-3H3,(H,23,24). The number of benzene rings is 2. The zero-order valence-electron chi connectivity index (χ0n) is 16.3. The molecule has 0 spiro atoms. The second kappa shape index (κ2) is 9.70. The van der Waals surface area contributed by atoms with Crippen molar-refractivity contribution in [3.05, 3.63) is 64.7 Å². The minimum absolute atomic E-state index is 0.341. The fourth-order valence-electron chi connectivity index (χ4n) is 2.41. The number of rotatable bonds is 8. The number of hydrogen-bond acceptors (Lipinski definition) is 8. The smallest absolute Gasteiger partial charge is 0.343 e. The highest BCUT2D eigenvalue weighted by Gasteiger charge is 2.13. The van der Waals surface area contributed by atoms with Crippen molar-refractivity contribution < 1.29 is 19.0 Å². The van der Waals surface area contributed by atoms with Gasteiger partial charge in [-0.3, -0.25) is 5.43 Å². The lowest BCUT2D eigenvalue weighted by atomic mass is 10.2. The monoisotopic (exact) mass is 411 g/mol. The van der Waals surface area contributed by atoms with Crippen LogP contribution in [0.2, 0.25) is 0 Å². The molecule has 0 radical (unpaired) electrons. The first-order valence-electron chi connectivity index (χ1n) is 8.93. The van der Waals surface area contributed by atoms with Gasteiger partial charge in [-0.15, -0.1) is 11.3 Å². The molecule has 0 saturated heterocycles. The average Bonchev–Trinajstić information content (AvgIpc) is 3.15. The van der Waals surface area contributed by atoms with E-state index in [4.69, 9.17) is 14.2 Å². The zero-order valence-corrected chi connectivity index (χ0v) is 17.2. The van der Waals surface area contributed by atoms with E-state index in [9.17, 15) is 4.79 Å². The van der Waals surface area contributed by atoms with Gasteiger partial charge in [0.15, 0.2) is 11.5 Å². The molecule has 0 bridgehead atoms. The van der Waals surface area contributed by atoms with Gasteiger partial charge in [-0.2, -0.15) is 5.10 Å². The summed E-state index contributed by atoms with van der Waals surface area (Å²) in [7, 11) is 1.57. The van der Waals surface area contributed by atoms with Crippen LogP contribution >= 0.6 is 11.3 Å². The molecule has 0 saturated carbocycles. The van der Waals surface area contributed by atoms with E-state index < -0.39 is 5.97 Å². The minimum atomic E-state index is -0.476. The van der Waals surface area contributed by atoms with Crippen LogP contribution in [0.1, 0.15) is 28.5 Å². The number of carbonyl (C=O) groups excluding carboxylic acids is 1. The molecule has 1 heterocycles. The van der Waals surface area contributed by atoms with E-state index in [-0.39, 0.29) is 0 Å². The molecule has 2 aromatic carbocycles. The molecule has 3 aromatic rings. The van der Waals surface area contributed by atoms with Crippen molar-refractivity contribution in [1.29, 1.82) is 0 Å². The maximum absolute atomic E-state index is 12.4. The van der Waals surface area contributed by atoms with Crippen molar-refractivity contribution in [1.82, 2.24) is 4.98 Å². The lowest BCUT2D eigenvalue weighted by molar-refractivity contribution is 0.0728. The van der Waals surface area contributed by atoms with Crippen LogP contribution < -0.4 is 19.6 Å². The van der Waals surface area contributed by atoms with Crippen LogP contribution in [0.4, 0.5) is 5.13 Å². The van der Waals surface area contributed by atoms with Crippen LogP contribution in [0.5, 0.6) is 17.2 Å². The quantitative estimate of drug-likeness (QED) is 0.254. The number of aromatic nitrogens is 1. The second-order valence-electron chi connectivity index (χ2n) is 5.92. The molecule has 7 nitrogen and oxygen atoms in total. The summed E-state index contributed by atoms with van der Waals surface area (Å²) in [6, 6.07) is 11.9. The van der Waals surface area contributed by atoms with Gasteiger partial charge in [0.25, 0.3) is 0 Å². The van der Waals surface area contributed by atoms with Crippen LogP contribution in [0, 0.1) is 6.92 Å². The third kappa shape index (κ3) is 5.55. The fraction of sp³-hybridized carbons (Fsp3) is 0.190. The molecule has 29 heavy (non-hydrogen) atoms. The summed E-state index contributed by atoms with van der Waals surface area (Å²) in [5.74, 6) is 0.995. The maximum atomic E-state index is 12.4. The molecule has 0 fully saturated rings. The Hall–Kier alpha value is -3.39.